The van der Waals surface area contributed by atoms with Gasteiger partial charge in [-0.2, -0.15) is 0 Å². The molecule has 2 atom stereocenters. The second kappa shape index (κ2) is 5.32. The fraction of sp³-hybridized carbons (Fsp3) is 0.667. The molecule has 4 heteroatoms. The fourth-order valence-corrected chi connectivity index (χ4v) is 1.96. The molecule has 0 radical (unpaired) electrons. The van der Waals surface area contributed by atoms with Crippen LogP contribution in [0.15, 0.2) is 11.6 Å². The Bertz CT molecular complexity index is 223. The molecule has 1 aromatic heterocycles. The van der Waals surface area contributed by atoms with Gasteiger partial charge in [-0.15, -0.1) is 11.3 Å². The van der Waals surface area contributed by atoms with Crippen LogP contribution >= 0.6 is 11.3 Å². The first-order valence-electron chi connectivity index (χ1n) is 4.63. The summed E-state index contributed by atoms with van der Waals surface area (Å²) >= 11 is 1.69. The van der Waals surface area contributed by atoms with E-state index in [0.29, 0.717) is 18.6 Å². The topological polar surface area (TPSA) is 50.9 Å². The molecule has 0 fully saturated rings. The first-order valence-corrected chi connectivity index (χ1v) is 5.51. The molecular weight excluding hydrogens is 182 g/mol. The van der Waals surface area contributed by atoms with Crippen molar-refractivity contribution < 1.29 is 0 Å². The molecule has 1 heterocycles. The lowest BCUT2D eigenvalue weighted by Gasteiger charge is -2.18. The van der Waals surface area contributed by atoms with Gasteiger partial charge >= 0.3 is 0 Å². The SMILES string of the molecule is CCC(NC(C)CN)c1nccs1. The minimum atomic E-state index is 0.355. The van der Waals surface area contributed by atoms with Crippen molar-refractivity contribution in [1.82, 2.24) is 10.3 Å². The maximum absolute atomic E-state index is 5.55. The summed E-state index contributed by atoms with van der Waals surface area (Å²) in [6.07, 6.45) is 2.90. The predicted octanol–water partition coefficient (Wildman–Crippen LogP) is 1.53. The monoisotopic (exact) mass is 199 g/mol. The smallest absolute Gasteiger partial charge is 0.109 e. The predicted molar refractivity (Wildman–Crippen MR) is 56.8 cm³/mol. The van der Waals surface area contributed by atoms with E-state index >= 15 is 0 Å². The van der Waals surface area contributed by atoms with Gasteiger partial charge in [-0.1, -0.05) is 6.92 Å². The molecule has 0 aromatic carbocycles. The molecule has 74 valence electrons. The first-order chi connectivity index (χ1) is 6.27. The van der Waals surface area contributed by atoms with Crippen molar-refractivity contribution in [3.63, 3.8) is 0 Å². The number of nitrogens with two attached hydrogens (primary N) is 1. The summed E-state index contributed by atoms with van der Waals surface area (Å²) in [5.41, 5.74) is 5.55. The van der Waals surface area contributed by atoms with Gasteiger partial charge in [0.1, 0.15) is 5.01 Å². The Morgan fingerprint density at radius 3 is 2.92 bits per heavy atom. The first kappa shape index (κ1) is 10.6. The average Bonchev–Trinajstić information content (AvgIpc) is 2.66. The van der Waals surface area contributed by atoms with Crippen LogP contribution in [0.4, 0.5) is 0 Å². The van der Waals surface area contributed by atoms with Crippen molar-refractivity contribution in [2.75, 3.05) is 6.54 Å². The number of rotatable bonds is 5. The van der Waals surface area contributed by atoms with Gasteiger partial charge in [0.25, 0.3) is 0 Å². The molecule has 0 saturated carbocycles. The summed E-state index contributed by atoms with van der Waals surface area (Å²) in [5.74, 6) is 0. The highest BCUT2D eigenvalue weighted by atomic mass is 32.1. The molecule has 3 N–H and O–H groups in total. The molecule has 0 saturated heterocycles. The zero-order valence-corrected chi connectivity index (χ0v) is 8.97. The lowest BCUT2D eigenvalue weighted by molar-refractivity contribution is 0.449. The van der Waals surface area contributed by atoms with E-state index in [1.807, 2.05) is 11.6 Å². The van der Waals surface area contributed by atoms with Gasteiger partial charge in [-0.25, -0.2) is 4.98 Å². The maximum Gasteiger partial charge on any atom is 0.109 e. The van der Waals surface area contributed by atoms with Crippen molar-refractivity contribution in [2.45, 2.75) is 32.4 Å². The Hall–Kier alpha value is -0.450. The Labute approximate surface area is 83.4 Å². The largest absolute Gasteiger partial charge is 0.329 e. The van der Waals surface area contributed by atoms with Crippen LogP contribution in [-0.2, 0) is 0 Å². The molecule has 3 nitrogen and oxygen atoms in total. The van der Waals surface area contributed by atoms with Crippen LogP contribution in [0, 0.1) is 0 Å². The zero-order chi connectivity index (χ0) is 9.68. The molecule has 0 aliphatic heterocycles. The second-order valence-electron chi connectivity index (χ2n) is 3.13. The Balaban J connectivity index is 2.53. The van der Waals surface area contributed by atoms with Crippen LogP contribution in [0.5, 0.6) is 0 Å². The number of hydrogen-bond acceptors (Lipinski definition) is 4. The molecule has 1 aromatic rings. The summed E-state index contributed by atoms with van der Waals surface area (Å²) in [4.78, 5) is 4.29. The third-order valence-corrected chi connectivity index (χ3v) is 2.89. The molecule has 1 rings (SSSR count). The van der Waals surface area contributed by atoms with E-state index in [1.165, 1.54) is 0 Å². The van der Waals surface area contributed by atoms with Crippen LogP contribution in [0.3, 0.4) is 0 Å². The van der Waals surface area contributed by atoms with Gasteiger partial charge in [0.15, 0.2) is 0 Å². The van der Waals surface area contributed by atoms with Gasteiger partial charge in [0.2, 0.25) is 0 Å². The summed E-state index contributed by atoms with van der Waals surface area (Å²) in [7, 11) is 0. The number of hydrogen-bond donors (Lipinski definition) is 2. The summed E-state index contributed by atoms with van der Waals surface area (Å²) < 4.78 is 0. The molecule has 0 bridgehead atoms. The zero-order valence-electron chi connectivity index (χ0n) is 8.16. The summed E-state index contributed by atoms with van der Waals surface area (Å²) in [5, 5.41) is 6.60. The molecule has 13 heavy (non-hydrogen) atoms. The quantitative estimate of drug-likeness (QED) is 0.756. The van der Waals surface area contributed by atoms with E-state index in [4.69, 9.17) is 5.73 Å². The van der Waals surface area contributed by atoms with Crippen molar-refractivity contribution in [2.24, 2.45) is 5.73 Å². The lowest BCUT2D eigenvalue weighted by atomic mass is 10.2. The maximum atomic E-state index is 5.55. The van der Waals surface area contributed by atoms with Gasteiger partial charge in [0.05, 0.1) is 6.04 Å². The molecule has 0 aliphatic rings. The van der Waals surface area contributed by atoms with Crippen LogP contribution in [0.2, 0.25) is 0 Å². The molecule has 0 amide bonds. The Morgan fingerprint density at radius 2 is 2.46 bits per heavy atom. The third kappa shape index (κ3) is 3.06. The van der Waals surface area contributed by atoms with E-state index in [2.05, 4.69) is 24.1 Å². The van der Waals surface area contributed by atoms with E-state index in [-0.39, 0.29) is 0 Å². The van der Waals surface area contributed by atoms with Crippen LogP contribution in [0.25, 0.3) is 0 Å². The van der Waals surface area contributed by atoms with Crippen LogP contribution < -0.4 is 11.1 Å². The molecular formula is C9H17N3S. The number of thiazole rings is 1. The number of nitrogens with zero attached hydrogens (tertiary/aromatic N) is 1. The summed E-state index contributed by atoms with van der Waals surface area (Å²) in [6.45, 7) is 4.92. The van der Waals surface area contributed by atoms with Gasteiger partial charge in [-0.05, 0) is 13.3 Å². The highest BCUT2D eigenvalue weighted by Crippen LogP contribution is 2.18. The fourth-order valence-electron chi connectivity index (χ4n) is 1.18. The summed E-state index contributed by atoms with van der Waals surface area (Å²) in [6, 6.07) is 0.715. The lowest BCUT2D eigenvalue weighted by Crippen LogP contribution is -2.35. The minimum Gasteiger partial charge on any atom is -0.329 e. The van der Waals surface area contributed by atoms with E-state index < -0.39 is 0 Å². The van der Waals surface area contributed by atoms with Crippen LogP contribution in [-0.4, -0.2) is 17.6 Å². The van der Waals surface area contributed by atoms with Crippen molar-refractivity contribution >= 4 is 11.3 Å². The van der Waals surface area contributed by atoms with Gasteiger partial charge in [0, 0.05) is 24.2 Å². The highest BCUT2D eigenvalue weighted by molar-refractivity contribution is 7.09. The van der Waals surface area contributed by atoms with Crippen LogP contribution in [0.1, 0.15) is 31.3 Å². The van der Waals surface area contributed by atoms with Gasteiger partial charge < -0.3 is 11.1 Å². The highest BCUT2D eigenvalue weighted by Gasteiger charge is 2.13. The second-order valence-corrected chi connectivity index (χ2v) is 4.06. The van der Waals surface area contributed by atoms with E-state index in [1.54, 1.807) is 11.3 Å². The van der Waals surface area contributed by atoms with Crippen molar-refractivity contribution in [1.29, 1.82) is 0 Å². The number of aromatic nitrogens is 1. The normalized spacial score (nSPS) is 15.6. The van der Waals surface area contributed by atoms with E-state index in [9.17, 15) is 0 Å². The minimum absolute atomic E-state index is 0.355. The average molecular weight is 199 g/mol. The van der Waals surface area contributed by atoms with Crippen molar-refractivity contribution in [3.05, 3.63) is 16.6 Å². The number of nitrogens with one attached hydrogen (secondary N) is 1. The Morgan fingerprint density at radius 1 is 1.69 bits per heavy atom. The standard InChI is InChI=1S/C9H17N3S/c1-3-8(12-7(2)6-10)9-11-4-5-13-9/h4-5,7-8,12H,3,6,10H2,1-2H3. The Kier molecular flexibility index (Phi) is 4.35. The molecule has 2 unspecified atom stereocenters. The molecule has 0 aliphatic carbocycles. The van der Waals surface area contributed by atoms with E-state index in [0.717, 1.165) is 11.4 Å². The van der Waals surface area contributed by atoms with Crippen molar-refractivity contribution in [3.8, 4) is 0 Å². The van der Waals surface area contributed by atoms with Gasteiger partial charge in [-0.3, -0.25) is 0 Å². The third-order valence-electron chi connectivity index (χ3n) is 2.00. The molecule has 0 spiro atoms.